The fraction of sp³-hybridized carbons (Fsp3) is 0.0714. The van der Waals surface area contributed by atoms with E-state index in [4.69, 9.17) is 14.7 Å². The summed E-state index contributed by atoms with van der Waals surface area (Å²) in [6.45, 7) is 0. The highest BCUT2D eigenvalue weighted by Crippen LogP contribution is 2.34. The van der Waals surface area contributed by atoms with Crippen LogP contribution >= 0.6 is 0 Å². The highest BCUT2D eigenvalue weighted by molar-refractivity contribution is 5.53. The molecule has 0 N–H and O–H groups in total. The minimum Gasteiger partial charge on any atom is -0.497 e. The zero-order chi connectivity index (χ0) is 15.4. The molecule has 0 aliphatic heterocycles. The quantitative estimate of drug-likeness (QED) is 0.635. The number of hydrogen-bond donors (Lipinski definition) is 0. The van der Waals surface area contributed by atoms with E-state index in [1.54, 1.807) is 6.07 Å². The number of rotatable bonds is 4. The second-order valence-corrected chi connectivity index (χ2v) is 3.95. The predicted octanol–water partition coefficient (Wildman–Crippen LogP) is 3.41. The SMILES string of the molecule is COc1ccc(C#N)c(Oc2cc(F)ccc2[N+](=O)[O-])c1. The molecule has 21 heavy (non-hydrogen) atoms. The Morgan fingerprint density at radius 2 is 2.00 bits per heavy atom. The van der Waals surface area contributed by atoms with Gasteiger partial charge in [0, 0.05) is 18.2 Å². The molecule has 0 aliphatic rings. The van der Waals surface area contributed by atoms with Gasteiger partial charge in [0.15, 0.2) is 0 Å². The molecule has 0 unspecified atom stereocenters. The molecular formula is C14H9FN2O4. The van der Waals surface area contributed by atoms with Crippen LogP contribution in [0.2, 0.25) is 0 Å². The van der Waals surface area contributed by atoms with E-state index >= 15 is 0 Å². The molecule has 0 saturated carbocycles. The molecule has 0 bridgehead atoms. The number of nitro benzene ring substituents is 1. The summed E-state index contributed by atoms with van der Waals surface area (Å²) in [5.74, 6) is -0.518. The summed E-state index contributed by atoms with van der Waals surface area (Å²) < 4.78 is 23.6. The minimum atomic E-state index is -0.693. The fourth-order valence-electron chi connectivity index (χ4n) is 1.65. The Labute approximate surface area is 119 Å². The summed E-state index contributed by atoms with van der Waals surface area (Å²) in [6, 6.07) is 9.12. The van der Waals surface area contributed by atoms with Gasteiger partial charge in [-0.2, -0.15) is 5.26 Å². The average Bonchev–Trinajstić information content (AvgIpc) is 2.47. The van der Waals surface area contributed by atoms with E-state index in [0.717, 1.165) is 18.2 Å². The van der Waals surface area contributed by atoms with Gasteiger partial charge in [-0.3, -0.25) is 10.1 Å². The smallest absolute Gasteiger partial charge is 0.311 e. The molecule has 0 atom stereocenters. The van der Waals surface area contributed by atoms with Gasteiger partial charge in [0.25, 0.3) is 0 Å². The molecule has 0 saturated heterocycles. The van der Waals surface area contributed by atoms with Crippen LogP contribution in [0, 0.1) is 27.3 Å². The van der Waals surface area contributed by atoms with Crippen LogP contribution in [0.15, 0.2) is 36.4 Å². The second kappa shape index (κ2) is 5.88. The van der Waals surface area contributed by atoms with Gasteiger partial charge in [0.2, 0.25) is 5.75 Å². The van der Waals surface area contributed by atoms with Crippen LogP contribution in [0.4, 0.5) is 10.1 Å². The van der Waals surface area contributed by atoms with Gasteiger partial charge in [-0.15, -0.1) is 0 Å². The first-order chi connectivity index (χ1) is 10.0. The zero-order valence-corrected chi connectivity index (χ0v) is 10.9. The van der Waals surface area contributed by atoms with Gasteiger partial charge in [0.05, 0.1) is 17.6 Å². The maximum Gasteiger partial charge on any atom is 0.311 e. The molecule has 0 radical (unpaired) electrons. The molecule has 2 aromatic carbocycles. The van der Waals surface area contributed by atoms with E-state index in [0.29, 0.717) is 5.75 Å². The Hall–Kier alpha value is -3.14. The molecule has 7 heteroatoms. The summed E-state index contributed by atoms with van der Waals surface area (Å²) >= 11 is 0. The van der Waals surface area contributed by atoms with E-state index in [1.165, 1.54) is 19.2 Å². The van der Waals surface area contributed by atoms with Crippen LogP contribution in [0.25, 0.3) is 0 Å². The van der Waals surface area contributed by atoms with Gasteiger partial charge in [-0.1, -0.05) is 0 Å². The Kier molecular flexibility index (Phi) is 4.00. The van der Waals surface area contributed by atoms with Crippen LogP contribution in [-0.4, -0.2) is 12.0 Å². The van der Waals surface area contributed by atoms with Crippen molar-refractivity contribution in [1.82, 2.24) is 0 Å². The van der Waals surface area contributed by atoms with Gasteiger partial charge >= 0.3 is 5.69 Å². The summed E-state index contributed by atoms with van der Waals surface area (Å²) in [5.41, 5.74) is -0.252. The predicted molar refractivity (Wildman–Crippen MR) is 70.8 cm³/mol. The van der Waals surface area contributed by atoms with Crippen LogP contribution in [0.3, 0.4) is 0 Å². The van der Waals surface area contributed by atoms with E-state index in [1.807, 2.05) is 6.07 Å². The number of nitro groups is 1. The summed E-state index contributed by atoms with van der Waals surface area (Å²) in [7, 11) is 1.43. The van der Waals surface area contributed by atoms with Gasteiger partial charge < -0.3 is 9.47 Å². The Morgan fingerprint density at radius 1 is 1.24 bits per heavy atom. The lowest BCUT2D eigenvalue weighted by molar-refractivity contribution is -0.385. The van der Waals surface area contributed by atoms with E-state index < -0.39 is 16.4 Å². The highest BCUT2D eigenvalue weighted by Gasteiger charge is 2.18. The van der Waals surface area contributed by atoms with Crippen molar-refractivity contribution >= 4 is 5.69 Å². The molecule has 6 nitrogen and oxygen atoms in total. The molecule has 0 aromatic heterocycles. The molecule has 2 aromatic rings. The van der Waals surface area contributed by atoms with Crippen LogP contribution < -0.4 is 9.47 Å². The number of hydrogen-bond acceptors (Lipinski definition) is 5. The van der Waals surface area contributed by atoms with Crippen molar-refractivity contribution in [2.75, 3.05) is 7.11 Å². The lowest BCUT2D eigenvalue weighted by atomic mass is 10.2. The molecule has 0 spiro atoms. The summed E-state index contributed by atoms with van der Waals surface area (Å²) in [4.78, 5) is 10.2. The molecule has 0 heterocycles. The second-order valence-electron chi connectivity index (χ2n) is 3.95. The van der Waals surface area contributed by atoms with Crippen LogP contribution in [0.1, 0.15) is 5.56 Å². The fourth-order valence-corrected chi connectivity index (χ4v) is 1.65. The monoisotopic (exact) mass is 288 g/mol. The first-order valence-corrected chi connectivity index (χ1v) is 5.75. The van der Waals surface area contributed by atoms with Crippen molar-refractivity contribution in [3.05, 3.63) is 57.9 Å². The number of ether oxygens (including phenoxy) is 2. The lowest BCUT2D eigenvalue weighted by Crippen LogP contribution is -1.96. The maximum atomic E-state index is 13.2. The highest BCUT2D eigenvalue weighted by atomic mass is 19.1. The third kappa shape index (κ3) is 3.06. The minimum absolute atomic E-state index is 0.0468. The molecule has 0 aliphatic carbocycles. The number of nitrogens with zero attached hydrogens (tertiary/aromatic N) is 2. The van der Waals surface area contributed by atoms with Crippen molar-refractivity contribution in [3.8, 4) is 23.3 Å². The Bertz CT molecular complexity index is 740. The number of halogens is 1. The molecular weight excluding hydrogens is 279 g/mol. The van der Waals surface area contributed by atoms with E-state index in [-0.39, 0.29) is 17.1 Å². The van der Waals surface area contributed by atoms with Gasteiger partial charge in [-0.25, -0.2) is 4.39 Å². The van der Waals surface area contributed by atoms with Gasteiger partial charge in [0.1, 0.15) is 23.4 Å². The van der Waals surface area contributed by atoms with E-state index in [9.17, 15) is 14.5 Å². The normalized spacial score (nSPS) is 9.76. The summed E-state index contributed by atoms with van der Waals surface area (Å²) in [6.07, 6.45) is 0. The van der Waals surface area contributed by atoms with Crippen LogP contribution in [0.5, 0.6) is 17.2 Å². The Balaban J connectivity index is 2.49. The number of benzene rings is 2. The van der Waals surface area contributed by atoms with E-state index in [2.05, 4.69) is 0 Å². The molecule has 2 rings (SSSR count). The summed E-state index contributed by atoms with van der Waals surface area (Å²) in [5, 5.41) is 19.9. The first-order valence-electron chi connectivity index (χ1n) is 5.75. The number of methoxy groups -OCH3 is 1. The zero-order valence-electron chi connectivity index (χ0n) is 10.9. The molecule has 106 valence electrons. The topological polar surface area (TPSA) is 85.4 Å². The molecule has 0 fully saturated rings. The van der Waals surface area contributed by atoms with Crippen LogP contribution in [-0.2, 0) is 0 Å². The first kappa shape index (κ1) is 14.3. The largest absolute Gasteiger partial charge is 0.497 e. The van der Waals surface area contributed by atoms with Crippen molar-refractivity contribution in [3.63, 3.8) is 0 Å². The van der Waals surface area contributed by atoms with Crippen molar-refractivity contribution in [1.29, 1.82) is 5.26 Å². The van der Waals surface area contributed by atoms with Crippen molar-refractivity contribution in [2.24, 2.45) is 0 Å². The standard InChI is InChI=1S/C14H9FN2O4/c1-20-11-4-2-9(8-16)13(7-11)21-14-6-10(15)3-5-12(14)17(18)19/h2-7H,1H3. The maximum absolute atomic E-state index is 13.2. The Morgan fingerprint density at radius 3 is 2.62 bits per heavy atom. The number of nitriles is 1. The third-order valence-electron chi connectivity index (χ3n) is 2.65. The average molecular weight is 288 g/mol. The third-order valence-corrected chi connectivity index (χ3v) is 2.65. The van der Waals surface area contributed by atoms with Gasteiger partial charge in [-0.05, 0) is 18.2 Å². The lowest BCUT2D eigenvalue weighted by Gasteiger charge is -2.09. The van der Waals surface area contributed by atoms with Crippen molar-refractivity contribution < 1.29 is 18.8 Å². The molecule has 0 amide bonds. The van der Waals surface area contributed by atoms with Crippen molar-refractivity contribution in [2.45, 2.75) is 0 Å².